The number of nitrogens with zero attached hydrogens (tertiary/aromatic N) is 2. The van der Waals surface area contributed by atoms with Crippen LogP contribution in [0.5, 0.6) is 0 Å². The number of benzene rings is 1. The Bertz CT molecular complexity index is 730. The number of nitrogens with one attached hydrogen (secondary N) is 1. The molecule has 4 nitrogen and oxygen atoms in total. The lowest BCUT2D eigenvalue weighted by Crippen LogP contribution is -2.43. The molecule has 1 aliphatic heterocycles. The van der Waals surface area contributed by atoms with Gasteiger partial charge in [-0.1, -0.05) is 12.1 Å². The number of hydrogen-bond donors (Lipinski definition) is 1. The zero-order valence-electron chi connectivity index (χ0n) is 14.7. The van der Waals surface area contributed by atoms with Crippen molar-refractivity contribution < 1.29 is 9.18 Å². The SMILES string of the molecule is O=C(N[C@@H](c1nccs1)[C@@H]1CCCN(Cc2ccc(F)cc2)C1)C1CC1. The predicted molar refractivity (Wildman–Crippen MR) is 100 cm³/mol. The Kier molecular flexibility index (Phi) is 5.31. The molecule has 0 spiro atoms. The van der Waals surface area contributed by atoms with Crippen LogP contribution in [0.4, 0.5) is 4.39 Å². The lowest BCUT2D eigenvalue weighted by atomic mass is 9.90. The van der Waals surface area contributed by atoms with Gasteiger partial charge in [-0.05, 0) is 55.8 Å². The van der Waals surface area contributed by atoms with Crippen molar-refractivity contribution in [2.24, 2.45) is 11.8 Å². The Labute approximate surface area is 157 Å². The molecule has 2 aliphatic rings. The van der Waals surface area contributed by atoms with Crippen LogP contribution in [0.25, 0.3) is 0 Å². The number of hydrogen-bond acceptors (Lipinski definition) is 4. The fourth-order valence-electron chi connectivity index (χ4n) is 3.74. The highest BCUT2D eigenvalue weighted by atomic mass is 32.1. The van der Waals surface area contributed by atoms with Gasteiger partial charge in [-0.3, -0.25) is 9.69 Å². The van der Waals surface area contributed by atoms with Crippen molar-refractivity contribution in [1.82, 2.24) is 15.2 Å². The second-order valence-electron chi connectivity index (χ2n) is 7.39. The Morgan fingerprint density at radius 2 is 2.12 bits per heavy atom. The molecular formula is C20H24FN3OS. The molecule has 1 saturated heterocycles. The van der Waals surface area contributed by atoms with Crippen LogP contribution in [0, 0.1) is 17.7 Å². The van der Waals surface area contributed by atoms with Gasteiger partial charge in [0.1, 0.15) is 10.8 Å². The second kappa shape index (κ2) is 7.84. The first-order valence-electron chi connectivity index (χ1n) is 9.35. The van der Waals surface area contributed by atoms with Crippen LogP contribution in [0.1, 0.15) is 42.3 Å². The Morgan fingerprint density at radius 1 is 1.31 bits per heavy atom. The number of halogens is 1. The molecule has 26 heavy (non-hydrogen) atoms. The molecule has 2 heterocycles. The van der Waals surface area contributed by atoms with Gasteiger partial charge in [-0.2, -0.15) is 0 Å². The van der Waals surface area contributed by atoms with Gasteiger partial charge in [0.25, 0.3) is 0 Å². The largest absolute Gasteiger partial charge is 0.346 e. The Morgan fingerprint density at radius 3 is 2.81 bits per heavy atom. The molecule has 0 bridgehead atoms. The third-order valence-corrected chi connectivity index (χ3v) is 6.15. The van der Waals surface area contributed by atoms with Crippen LogP contribution in [-0.2, 0) is 11.3 Å². The summed E-state index contributed by atoms with van der Waals surface area (Å²) in [6.07, 6.45) is 6.03. The monoisotopic (exact) mass is 373 g/mol. The van der Waals surface area contributed by atoms with Crippen molar-refractivity contribution >= 4 is 17.2 Å². The van der Waals surface area contributed by atoms with E-state index in [1.165, 1.54) is 12.1 Å². The fourth-order valence-corrected chi connectivity index (χ4v) is 4.52. The van der Waals surface area contributed by atoms with Crippen LogP contribution in [0.15, 0.2) is 35.8 Å². The molecule has 4 rings (SSSR count). The van der Waals surface area contributed by atoms with Gasteiger partial charge in [-0.25, -0.2) is 9.37 Å². The van der Waals surface area contributed by atoms with Gasteiger partial charge >= 0.3 is 0 Å². The fraction of sp³-hybridized carbons (Fsp3) is 0.500. The predicted octanol–water partition coefficient (Wildman–Crippen LogP) is 3.76. The summed E-state index contributed by atoms with van der Waals surface area (Å²) < 4.78 is 13.1. The van der Waals surface area contributed by atoms with Gasteiger partial charge in [0, 0.05) is 30.6 Å². The minimum atomic E-state index is -0.197. The molecule has 1 aromatic heterocycles. The number of carbonyl (C=O) groups is 1. The van der Waals surface area contributed by atoms with E-state index in [9.17, 15) is 9.18 Å². The molecule has 0 radical (unpaired) electrons. The molecule has 1 aliphatic carbocycles. The molecular weight excluding hydrogens is 349 g/mol. The summed E-state index contributed by atoms with van der Waals surface area (Å²) >= 11 is 1.62. The zero-order valence-corrected chi connectivity index (χ0v) is 15.6. The van der Waals surface area contributed by atoms with E-state index in [2.05, 4.69) is 15.2 Å². The molecule has 0 unspecified atom stereocenters. The topological polar surface area (TPSA) is 45.2 Å². The summed E-state index contributed by atoms with van der Waals surface area (Å²) in [6, 6.07) is 6.74. The first kappa shape index (κ1) is 17.6. The number of carbonyl (C=O) groups excluding carboxylic acids is 1. The molecule has 2 atom stereocenters. The van der Waals surface area contributed by atoms with E-state index in [1.807, 2.05) is 23.7 Å². The Balaban J connectivity index is 1.44. The van der Waals surface area contributed by atoms with Crippen LogP contribution in [-0.4, -0.2) is 28.9 Å². The number of aromatic nitrogens is 1. The highest BCUT2D eigenvalue weighted by Gasteiger charge is 2.35. The van der Waals surface area contributed by atoms with Crippen LogP contribution in [0.2, 0.25) is 0 Å². The molecule has 2 aromatic rings. The van der Waals surface area contributed by atoms with Gasteiger partial charge in [0.05, 0.1) is 6.04 Å². The van der Waals surface area contributed by atoms with E-state index in [0.29, 0.717) is 5.92 Å². The molecule has 1 aromatic carbocycles. The summed E-state index contributed by atoms with van der Waals surface area (Å²) in [5.74, 6) is 0.548. The van der Waals surface area contributed by atoms with E-state index in [0.717, 1.165) is 55.9 Å². The van der Waals surface area contributed by atoms with Crippen LogP contribution >= 0.6 is 11.3 Å². The standard InChI is InChI=1S/C20H24FN3OS/c21-17-7-3-14(4-8-17)12-24-10-1-2-16(13-24)18(20-22-9-11-26-20)23-19(25)15-5-6-15/h3-4,7-9,11,15-16,18H,1-2,5-6,10,12-13H2,(H,23,25)/t16-,18-/m1/s1. The van der Waals surface area contributed by atoms with E-state index >= 15 is 0 Å². The average molecular weight is 373 g/mol. The normalized spacial score (nSPS) is 22.1. The molecule has 1 saturated carbocycles. The maximum absolute atomic E-state index is 13.1. The van der Waals surface area contributed by atoms with Gasteiger partial charge in [0.15, 0.2) is 0 Å². The third-order valence-electron chi connectivity index (χ3n) is 5.30. The summed E-state index contributed by atoms with van der Waals surface area (Å²) in [4.78, 5) is 19.3. The second-order valence-corrected chi connectivity index (χ2v) is 8.32. The summed E-state index contributed by atoms with van der Waals surface area (Å²) in [5, 5.41) is 6.26. The maximum Gasteiger partial charge on any atom is 0.223 e. The summed E-state index contributed by atoms with van der Waals surface area (Å²) in [6.45, 7) is 2.78. The van der Waals surface area contributed by atoms with Crippen molar-refractivity contribution in [3.63, 3.8) is 0 Å². The van der Waals surface area contributed by atoms with E-state index in [1.54, 1.807) is 11.3 Å². The molecule has 6 heteroatoms. The van der Waals surface area contributed by atoms with Gasteiger partial charge < -0.3 is 5.32 Å². The van der Waals surface area contributed by atoms with Crippen molar-refractivity contribution in [3.05, 3.63) is 52.2 Å². The molecule has 1 N–H and O–H groups in total. The van der Waals surface area contributed by atoms with E-state index < -0.39 is 0 Å². The molecule has 2 fully saturated rings. The van der Waals surface area contributed by atoms with E-state index in [-0.39, 0.29) is 23.7 Å². The van der Waals surface area contributed by atoms with Crippen LogP contribution in [0.3, 0.4) is 0 Å². The lowest BCUT2D eigenvalue weighted by Gasteiger charge is -2.36. The van der Waals surface area contributed by atoms with Crippen molar-refractivity contribution in [1.29, 1.82) is 0 Å². The quantitative estimate of drug-likeness (QED) is 0.839. The number of piperidine rings is 1. The van der Waals surface area contributed by atoms with Crippen molar-refractivity contribution in [2.45, 2.75) is 38.3 Å². The zero-order chi connectivity index (χ0) is 17.9. The number of rotatable bonds is 6. The van der Waals surface area contributed by atoms with E-state index in [4.69, 9.17) is 0 Å². The van der Waals surface area contributed by atoms with Crippen LogP contribution < -0.4 is 5.32 Å². The number of likely N-dealkylation sites (tertiary alicyclic amines) is 1. The smallest absolute Gasteiger partial charge is 0.223 e. The first-order valence-corrected chi connectivity index (χ1v) is 10.2. The minimum Gasteiger partial charge on any atom is -0.346 e. The average Bonchev–Trinajstić information content (AvgIpc) is 3.37. The van der Waals surface area contributed by atoms with Gasteiger partial charge in [-0.15, -0.1) is 11.3 Å². The summed E-state index contributed by atoms with van der Waals surface area (Å²) in [5.41, 5.74) is 1.12. The molecule has 138 valence electrons. The Hall–Kier alpha value is -1.79. The number of amides is 1. The third kappa shape index (κ3) is 4.30. The molecule has 1 amide bonds. The van der Waals surface area contributed by atoms with Gasteiger partial charge in [0.2, 0.25) is 5.91 Å². The summed E-state index contributed by atoms with van der Waals surface area (Å²) in [7, 11) is 0. The minimum absolute atomic E-state index is 0.000817. The first-order chi connectivity index (χ1) is 12.7. The maximum atomic E-state index is 13.1. The highest BCUT2D eigenvalue weighted by molar-refractivity contribution is 7.09. The van der Waals surface area contributed by atoms with Crippen molar-refractivity contribution in [2.75, 3.05) is 13.1 Å². The lowest BCUT2D eigenvalue weighted by molar-refractivity contribution is -0.123. The highest BCUT2D eigenvalue weighted by Crippen LogP contribution is 2.34. The number of thiazole rings is 1. The van der Waals surface area contributed by atoms with Crippen molar-refractivity contribution in [3.8, 4) is 0 Å².